The van der Waals surface area contributed by atoms with E-state index < -0.39 is 11.8 Å². The minimum atomic E-state index is -0.483. The Morgan fingerprint density at radius 3 is 2.54 bits per heavy atom. The van der Waals surface area contributed by atoms with Gasteiger partial charge in [-0.05, 0) is 37.1 Å². The smallest absolute Gasteiger partial charge is 0.312 e. The van der Waals surface area contributed by atoms with E-state index in [-0.39, 0.29) is 18.4 Å². The van der Waals surface area contributed by atoms with Gasteiger partial charge in [0.05, 0.1) is 6.54 Å². The summed E-state index contributed by atoms with van der Waals surface area (Å²) in [7, 11) is 0. The summed E-state index contributed by atoms with van der Waals surface area (Å²) in [5, 5.41) is 3.97. The van der Waals surface area contributed by atoms with Crippen LogP contribution in [-0.4, -0.2) is 45.9 Å². The first-order chi connectivity index (χ1) is 12.6. The third-order valence-corrected chi connectivity index (χ3v) is 5.15. The topological polar surface area (TPSA) is 66.7 Å². The average Bonchev–Trinajstić information content (AvgIpc) is 3.32. The van der Waals surface area contributed by atoms with E-state index in [1.807, 2.05) is 0 Å². The molecule has 4 rings (SSSR count). The second kappa shape index (κ2) is 6.90. The van der Waals surface area contributed by atoms with Gasteiger partial charge in [-0.2, -0.15) is 0 Å². The van der Waals surface area contributed by atoms with Gasteiger partial charge in [0, 0.05) is 30.8 Å². The molecule has 6 nitrogen and oxygen atoms in total. The molecular formula is C19H20FN3O3. The van der Waals surface area contributed by atoms with Crippen LogP contribution in [0.1, 0.15) is 31.4 Å². The summed E-state index contributed by atoms with van der Waals surface area (Å²) in [5.41, 5.74) is 1.30. The van der Waals surface area contributed by atoms with Crippen molar-refractivity contribution < 1.29 is 18.5 Å². The molecule has 1 aromatic heterocycles. The van der Waals surface area contributed by atoms with E-state index in [2.05, 4.69) is 5.16 Å². The molecule has 0 radical (unpaired) electrons. The van der Waals surface area contributed by atoms with Crippen molar-refractivity contribution in [3.05, 3.63) is 41.9 Å². The number of benzene rings is 1. The largest absolute Gasteiger partial charge is 0.359 e. The molecule has 136 valence electrons. The lowest BCUT2D eigenvalue weighted by Gasteiger charge is -2.36. The summed E-state index contributed by atoms with van der Waals surface area (Å²) < 4.78 is 18.3. The number of halogens is 1. The van der Waals surface area contributed by atoms with E-state index in [0.29, 0.717) is 24.5 Å². The molecule has 7 heteroatoms. The number of piperazine rings is 1. The number of hydrogen-bond acceptors (Lipinski definition) is 4. The lowest BCUT2D eigenvalue weighted by molar-refractivity contribution is -0.158. The summed E-state index contributed by atoms with van der Waals surface area (Å²) in [5.74, 6) is -0.717. The third-order valence-electron chi connectivity index (χ3n) is 5.15. The number of amides is 2. The van der Waals surface area contributed by atoms with Crippen molar-refractivity contribution in [1.82, 2.24) is 15.0 Å². The first-order valence-electron chi connectivity index (χ1n) is 8.93. The number of hydrogen-bond donors (Lipinski definition) is 0. The molecule has 0 unspecified atom stereocenters. The average molecular weight is 357 g/mol. The van der Waals surface area contributed by atoms with Crippen LogP contribution in [0.4, 0.5) is 4.39 Å². The lowest BCUT2D eigenvalue weighted by atomic mass is 10.1. The number of carbonyl (C=O) groups is 2. The Hall–Kier alpha value is -2.70. The molecule has 2 fully saturated rings. The number of nitrogens with zero attached hydrogens (tertiary/aromatic N) is 3. The maximum Gasteiger partial charge on any atom is 0.312 e. The van der Waals surface area contributed by atoms with Crippen molar-refractivity contribution in [1.29, 1.82) is 0 Å². The Balaban J connectivity index is 1.42. The first-order valence-corrected chi connectivity index (χ1v) is 8.93. The molecule has 2 amide bonds. The molecule has 0 N–H and O–H groups in total. The Kier molecular flexibility index (Phi) is 4.44. The van der Waals surface area contributed by atoms with Gasteiger partial charge >= 0.3 is 11.8 Å². The SMILES string of the molecule is O=C1C(=O)N(C2CCCC2)CCN1Cc1cc(-c2ccc(F)cc2)no1. The Labute approximate surface area is 150 Å². The fraction of sp³-hybridized carbons (Fsp3) is 0.421. The van der Waals surface area contributed by atoms with Gasteiger partial charge in [0.25, 0.3) is 0 Å². The first kappa shape index (κ1) is 16.8. The maximum absolute atomic E-state index is 13.0. The fourth-order valence-corrected chi connectivity index (χ4v) is 3.74. The van der Waals surface area contributed by atoms with Gasteiger partial charge in [-0.15, -0.1) is 0 Å². The van der Waals surface area contributed by atoms with Crippen molar-refractivity contribution in [2.24, 2.45) is 0 Å². The van der Waals surface area contributed by atoms with E-state index in [1.165, 1.54) is 17.0 Å². The van der Waals surface area contributed by atoms with Crippen LogP contribution < -0.4 is 0 Å². The highest BCUT2D eigenvalue weighted by Crippen LogP contribution is 2.26. The van der Waals surface area contributed by atoms with E-state index >= 15 is 0 Å². The van der Waals surface area contributed by atoms with Crippen LogP contribution in [0.25, 0.3) is 11.3 Å². The molecule has 0 bridgehead atoms. The van der Waals surface area contributed by atoms with Crippen LogP contribution in [0, 0.1) is 5.82 Å². The van der Waals surface area contributed by atoms with Crippen molar-refractivity contribution in [3.63, 3.8) is 0 Å². The Morgan fingerprint density at radius 2 is 1.81 bits per heavy atom. The van der Waals surface area contributed by atoms with Gasteiger partial charge in [-0.1, -0.05) is 18.0 Å². The van der Waals surface area contributed by atoms with Gasteiger partial charge in [-0.3, -0.25) is 9.59 Å². The molecule has 26 heavy (non-hydrogen) atoms. The lowest BCUT2D eigenvalue weighted by Crippen LogP contribution is -2.56. The van der Waals surface area contributed by atoms with Gasteiger partial charge in [0.1, 0.15) is 11.5 Å². The summed E-state index contributed by atoms with van der Waals surface area (Å²) in [4.78, 5) is 28.1. The van der Waals surface area contributed by atoms with Crippen molar-refractivity contribution in [3.8, 4) is 11.3 Å². The molecule has 2 heterocycles. The predicted octanol–water partition coefficient (Wildman–Crippen LogP) is 2.59. The monoisotopic (exact) mass is 357 g/mol. The van der Waals surface area contributed by atoms with Crippen molar-refractivity contribution in [2.75, 3.05) is 13.1 Å². The fourth-order valence-electron chi connectivity index (χ4n) is 3.74. The Morgan fingerprint density at radius 1 is 1.08 bits per heavy atom. The predicted molar refractivity (Wildman–Crippen MR) is 91.3 cm³/mol. The number of aromatic nitrogens is 1. The van der Waals surface area contributed by atoms with Crippen LogP contribution in [0.2, 0.25) is 0 Å². The molecule has 2 aliphatic rings. The molecule has 0 atom stereocenters. The molecular weight excluding hydrogens is 337 g/mol. The quantitative estimate of drug-likeness (QED) is 0.789. The molecule has 1 aliphatic carbocycles. The number of rotatable bonds is 4. The summed E-state index contributed by atoms with van der Waals surface area (Å²) >= 11 is 0. The molecule has 1 aromatic carbocycles. The van der Waals surface area contributed by atoms with E-state index in [1.54, 1.807) is 23.1 Å². The Bertz CT molecular complexity index is 812. The van der Waals surface area contributed by atoms with Crippen molar-refractivity contribution in [2.45, 2.75) is 38.3 Å². The van der Waals surface area contributed by atoms with Gasteiger partial charge < -0.3 is 14.3 Å². The maximum atomic E-state index is 13.0. The van der Waals surface area contributed by atoms with E-state index in [9.17, 15) is 14.0 Å². The third kappa shape index (κ3) is 3.21. The molecule has 2 aromatic rings. The van der Waals surface area contributed by atoms with Crippen LogP contribution in [0.15, 0.2) is 34.9 Å². The van der Waals surface area contributed by atoms with Crippen LogP contribution >= 0.6 is 0 Å². The molecule has 1 saturated heterocycles. The second-order valence-electron chi connectivity index (χ2n) is 6.85. The van der Waals surface area contributed by atoms with E-state index in [4.69, 9.17) is 4.52 Å². The highest BCUT2D eigenvalue weighted by molar-refractivity contribution is 6.35. The van der Waals surface area contributed by atoms with E-state index in [0.717, 1.165) is 31.2 Å². The number of carbonyl (C=O) groups excluding carboxylic acids is 2. The van der Waals surface area contributed by atoms with Gasteiger partial charge in [0.15, 0.2) is 5.76 Å². The summed E-state index contributed by atoms with van der Waals surface area (Å²) in [6, 6.07) is 7.87. The minimum absolute atomic E-state index is 0.206. The standard InChI is InChI=1S/C19H20FN3O3/c20-14-7-5-13(6-8-14)17-11-16(26-21-17)12-22-9-10-23(19(25)18(22)24)15-3-1-2-4-15/h5-8,11,15H,1-4,9-10,12H2. The summed E-state index contributed by atoms with van der Waals surface area (Å²) in [6.07, 6.45) is 4.22. The zero-order chi connectivity index (χ0) is 18.1. The molecule has 1 aliphatic heterocycles. The van der Waals surface area contributed by atoms with Crippen LogP contribution in [0.5, 0.6) is 0 Å². The molecule has 1 saturated carbocycles. The van der Waals surface area contributed by atoms with Gasteiger partial charge in [-0.25, -0.2) is 4.39 Å². The summed E-state index contributed by atoms with van der Waals surface area (Å²) in [6.45, 7) is 1.26. The van der Waals surface area contributed by atoms with Crippen LogP contribution in [-0.2, 0) is 16.1 Å². The minimum Gasteiger partial charge on any atom is -0.359 e. The highest BCUT2D eigenvalue weighted by atomic mass is 19.1. The normalized spacial score (nSPS) is 18.8. The van der Waals surface area contributed by atoms with Crippen LogP contribution in [0.3, 0.4) is 0 Å². The van der Waals surface area contributed by atoms with Gasteiger partial charge in [0.2, 0.25) is 0 Å². The molecule has 0 spiro atoms. The van der Waals surface area contributed by atoms with Crippen molar-refractivity contribution >= 4 is 11.8 Å². The zero-order valence-electron chi connectivity index (χ0n) is 14.4. The zero-order valence-corrected chi connectivity index (χ0v) is 14.4. The second-order valence-corrected chi connectivity index (χ2v) is 6.85. The highest BCUT2D eigenvalue weighted by Gasteiger charge is 2.37.